The van der Waals surface area contributed by atoms with Gasteiger partial charge < -0.3 is 10.6 Å². The van der Waals surface area contributed by atoms with Gasteiger partial charge in [-0.05, 0) is 59.1 Å². The average molecular weight is 370 g/mol. The lowest BCUT2D eigenvalue weighted by atomic mass is 10.1. The number of nitrogens with zero attached hydrogens (tertiary/aromatic N) is 3. The molecule has 0 saturated heterocycles. The molecule has 2 aromatic carbocycles. The van der Waals surface area contributed by atoms with E-state index in [2.05, 4.69) is 66.9 Å². The van der Waals surface area contributed by atoms with E-state index in [1.54, 1.807) is 6.20 Å². The molecule has 0 unspecified atom stereocenters. The number of aromatic nitrogens is 3. The third-order valence-corrected chi connectivity index (χ3v) is 4.03. The number of rotatable bonds is 4. The van der Waals surface area contributed by atoms with Crippen LogP contribution in [0.1, 0.15) is 11.1 Å². The van der Waals surface area contributed by atoms with Crippen molar-refractivity contribution < 1.29 is 0 Å². The van der Waals surface area contributed by atoms with Crippen LogP contribution >= 0.6 is 15.9 Å². The van der Waals surface area contributed by atoms with Gasteiger partial charge in [0.25, 0.3) is 0 Å². The molecule has 1 aromatic heterocycles. The Bertz CT molecular complexity index is 835. The van der Waals surface area contributed by atoms with Gasteiger partial charge in [-0.15, -0.1) is 5.10 Å². The molecule has 0 atom stereocenters. The first-order valence-electron chi connectivity index (χ1n) is 7.17. The van der Waals surface area contributed by atoms with Crippen molar-refractivity contribution in [3.8, 4) is 0 Å². The third-order valence-electron chi connectivity index (χ3n) is 3.33. The van der Waals surface area contributed by atoms with E-state index in [1.807, 2.05) is 31.2 Å². The Morgan fingerprint density at radius 1 is 0.957 bits per heavy atom. The summed E-state index contributed by atoms with van der Waals surface area (Å²) in [7, 11) is 0. The first kappa shape index (κ1) is 15.4. The van der Waals surface area contributed by atoms with Crippen molar-refractivity contribution in [3.05, 3.63) is 64.3 Å². The van der Waals surface area contributed by atoms with Gasteiger partial charge in [-0.1, -0.05) is 24.3 Å². The molecular formula is C17H16BrN5. The zero-order valence-corrected chi connectivity index (χ0v) is 14.4. The summed E-state index contributed by atoms with van der Waals surface area (Å²) in [5.74, 6) is 1.08. The maximum absolute atomic E-state index is 4.46. The Balaban J connectivity index is 1.83. The number of hydrogen-bond acceptors (Lipinski definition) is 5. The van der Waals surface area contributed by atoms with Crippen LogP contribution < -0.4 is 10.6 Å². The molecule has 0 aliphatic carbocycles. The van der Waals surface area contributed by atoms with Crippen LogP contribution in [0.3, 0.4) is 0 Å². The zero-order chi connectivity index (χ0) is 16.2. The van der Waals surface area contributed by atoms with Crippen LogP contribution in [0.5, 0.6) is 0 Å². The molecule has 23 heavy (non-hydrogen) atoms. The number of nitrogens with one attached hydrogen (secondary N) is 2. The van der Waals surface area contributed by atoms with Crippen LogP contribution in [0.15, 0.2) is 53.1 Å². The predicted octanol–water partition coefficient (Wildman–Crippen LogP) is 4.74. The normalized spacial score (nSPS) is 10.4. The highest BCUT2D eigenvalue weighted by Crippen LogP contribution is 2.25. The van der Waals surface area contributed by atoms with E-state index in [1.165, 1.54) is 5.56 Å². The predicted molar refractivity (Wildman–Crippen MR) is 96.5 cm³/mol. The molecule has 0 saturated carbocycles. The Kier molecular flexibility index (Phi) is 4.52. The van der Waals surface area contributed by atoms with Crippen molar-refractivity contribution in [2.75, 3.05) is 10.6 Å². The second-order valence-electron chi connectivity index (χ2n) is 5.21. The van der Waals surface area contributed by atoms with E-state index in [4.69, 9.17) is 0 Å². The van der Waals surface area contributed by atoms with Gasteiger partial charge in [-0.25, -0.2) is 0 Å². The van der Waals surface area contributed by atoms with Gasteiger partial charge in [0.15, 0.2) is 5.82 Å². The minimum absolute atomic E-state index is 0.454. The van der Waals surface area contributed by atoms with Crippen LogP contribution in [0.25, 0.3) is 0 Å². The highest BCUT2D eigenvalue weighted by Gasteiger charge is 2.05. The van der Waals surface area contributed by atoms with Gasteiger partial charge in [-0.3, -0.25) is 0 Å². The molecule has 3 aromatic rings. The van der Waals surface area contributed by atoms with E-state index >= 15 is 0 Å². The molecular weight excluding hydrogens is 354 g/mol. The van der Waals surface area contributed by atoms with Gasteiger partial charge in [0.1, 0.15) is 0 Å². The molecule has 0 aliphatic heterocycles. The Morgan fingerprint density at radius 3 is 2.61 bits per heavy atom. The number of para-hydroxylation sites is 1. The fourth-order valence-corrected chi connectivity index (χ4v) is 2.49. The van der Waals surface area contributed by atoms with E-state index in [0.717, 1.165) is 21.4 Å². The lowest BCUT2D eigenvalue weighted by Gasteiger charge is -2.10. The zero-order valence-electron chi connectivity index (χ0n) is 12.8. The number of halogens is 1. The molecule has 0 bridgehead atoms. The van der Waals surface area contributed by atoms with E-state index in [9.17, 15) is 0 Å². The van der Waals surface area contributed by atoms with Gasteiger partial charge in [0.2, 0.25) is 5.95 Å². The lowest BCUT2D eigenvalue weighted by molar-refractivity contribution is 0.981. The van der Waals surface area contributed by atoms with Crippen LogP contribution in [0.2, 0.25) is 0 Å². The standard InChI is InChI=1S/C17H16BrN5/c1-11-7-8-12(2)15(9-11)21-17-22-16(10-19-23-17)20-14-6-4-3-5-13(14)18/h3-10H,1-2H3,(H2,20,21,22,23). The van der Waals surface area contributed by atoms with Gasteiger partial charge in [0.05, 0.1) is 11.9 Å². The average Bonchev–Trinajstić information content (AvgIpc) is 2.54. The molecule has 3 rings (SSSR count). The van der Waals surface area contributed by atoms with Crippen LogP contribution in [0.4, 0.5) is 23.1 Å². The van der Waals surface area contributed by atoms with Crippen molar-refractivity contribution in [2.24, 2.45) is 0 Å². The minimum Gasteiger partial charge on any atom is -0.338 e. The summed E-state index contributed by atoms with van der Waals surface area (Å²) in [5, 5.41) is 14.5. The fraction of sp³-hybridized carbons (Fsp3) is 0.118. The van der Waals surface area contributed by atoms with Crippen molar-refractivity contribution in [3.63, 3.8) is 0 Å². The van der Waals surface area contributed by atoms with Crippen molar-refractivity contribution >= 4 is 39.1 Å². The van der Waals surface area contributed by atoms with Crippen molar-refractivity contribution in [1.82, 2.24) is 15.2 Å². The molecule has 116 valence electrons. The summed E-state index contributed by atoms with van der Waals surface area (Å²) in [4.78, 5) is 4.46. The molecule has 0 aliphatic rings. The lowest BCUT2D eigenvalue weighted by Crippen LogP contribution is -2.03. The summed E-state index contributed by atoms with van der Waals surface area (Å²) in [5.41, 5.74) is 4.20. The van der Waals surface area contributed by atoms with Gasteiger partial charge in [-0.2, -0.15) is 10.1 Å². The molecule has 2 N–H and O–H groups in total. The first-order chi connectivity index (χ1) is 11.1. The summed E-state index contributed by atoms with van der Waals surface area (Å²) in [6, 6.07) is 14.0. The maximum Gasteiger partial charge on any atom is 0.249 e. The highest BCUT2D eigenvalue weighted by atomic mass is 79.9. The SMILES string of the molecule is Cc1ccc(C)c(Nc2nncc(Nc3ccccc3Br)n2)c1. The molecule has 6 heteroatoms. The fourth-order valence-electron chi connectivity index (χ4n) is 2.11. The monoisotopic (exact) mass is 369 g/mol. The highest BCUT2D eigenvalue weighted by molar-refractivity contribution is 9.10. The summed E-state index contributed by atoms with van der Waals surface area (Å²) in [6.07, 6.45) is 1.59. The van der Waals surface area contributed by atoms with Crippen LogP contribution in [-0.2, 0) is 0 Å². The Hall–Kier alpha value is -2.47. The largest absolute Gasteiger partial charge is 0.338 e. The summed E-state index contributed by atoms with van der Waals surface area (Å²) >= 11 is 3.50. The quantitative estimate of drug-likeness (QED) is 0.695. The van der Waals surface area contributed by atoms with Gasteiger partial charge in [0, 0.05) is 10.2 Å². The third kappa shape index (κ3) is 3.84. The van der Waals surface area contributed by atoms with Gasteiger partial charge >= 0.3 is 0 Å². The van der Waals surface area contributed by atoms with Crippen molar-refractivity contribution in [1.29, 1.82) is 0 Å². The van der Waals surface area contributed by atoms with Crippen molar-refractivity contribution in [2.45, 2.75) is 13.8 Å². The second kappa shape index (κ2) is 6.75. The molecule has 0 amide bonds. The Labute approximate surface area is 143 Å². The first-order valence-corrected chi connectivity index (χ1v) is 7.97. The molecule has 1 heterocycles. The van der Waals surface area contributed by atoms with E-state index in [-0.39, 0.29) is 0 Å². The van der Waals surface area contributed by atoms with Crippen LogP contribution in [-0.4, -0.2) is 15.2 Å². The number of hydrogen-bond donors (Lipinski definition) is 2. The maximum atomic E-state index is 4.46. The second-order valence-corrected chi connectivity index (χ2v) is 6.07. The Morgan fingerprint density at radius 2 is 1.78 bits per heavy atom. The number of aryl methyl sites for hydroxylation is 2. The molecule has 0 fully saturated rings. The summed E-state index contributed by atoms with van der Waals surface area (Å²) < 4.78 is 0.961. The minimum atomic E-state index is 0.454. The topological polar surface area (TPSA) is 62.7 Å². The number of anilines is 4. The summed E-state index contributed by atoms with van der Waals surface area (Å²) in [6.45, 7) is 4.09. The van der Waals surface area contributed by atoms with E-state index < -0.39 is 0 Å². The smallest absolute Gasteiger partial charge is 0.249 e. The molecule has 0 radical (unpaired) electrons. The van der Waals surface area contributed by atoms with Crippen LogP contribution in [0, 0.1) is 13.8 Å². The molecule has 5 nitrogen and oxygen atoms in total. The molecule has 0 spiro atoms. The van der Waals surface area contributed by atoms with E-state index in [0.29, 0.717) is 11.8 Å². The number of benzene rings is 2.